The molecular formula is C12H24N2O2. The smallest absolute Gasteiger partial charge is 0.225 e. The van der Waals surface area contributed by atoms with Gasteiger partial charge in [0.1, 0.15) is 0 Å². The lowest BCUT2D eigenvalue weighted by Crippen LogP contribution is -2.37. The van der Waals surface area contributed by atoms with Crippen molar-refractivity contribution in [1.82, 2.24) is 10.6 Å². The monoisotopic (exact) mass is 228 g/mol. The van der Waals surface area contributed by atoms with E-state index in [1.54, 1.807) is 0 Å². The molecule has 16 heavy (non-hydrogen) atoms. The van der Waals surface area contributed by atoms with Crippen molar-refractivity contribution >= 4 is 11.8 Å². The first kappa shape index (κ1) is 14.9. The molecule has 0 saturated heterocycles. The lowest BCUT2D eigenvalue weighted by atomic mass is 9.89. The van der Waals surface area contributed by atoms with Gasteiger partial charge >= 0.3 is 0 Å². The van der Waals surface area contributed by atoms with Gasteiger partial charge in [-0.2, -0.15) is 0 Å². The molecule has 0 aliphatic heterocycles. The number of hydrogen-bond acceptors (Lipinski definition) is 2. The van der Waals surface area contributed by atoms with Crippen LogP contribution in [0.25, 0.3) is 0 Å². The van der Waals surface area contributed by atoms with Crippen molar-refractivity contribution in [2.75, 3.05) is 13.1 Å². The van der Waals surface area contributed by atoms with Crippen molar-refractivity contribution in [3.8, 4) is 0 Å². The molecule has 2 amide bonds. The summed E-state index contributed by atoms with van der Waals surface area (Å²) in [6, 6.07) is 0. The molecular weight excluding hydrogens is 204 g/mol. The summed E-state index contributed by atoms with van der Waals surface area (Å²) in [5.74, 6) is 0.102. The summed E-state index contributed by atoms with van der Waals surface area (Å²) in [5.41, 5.74) is -0.280. The molecule has 94 valence electrons. The number of carbonyl (C=O) groups is 2. The average Bonchev–Trinajstić information content (AvgIpc) is 2.22. The van der Waals surface area contributed by atoms with Gasteiger partial charge in [0.05, 0.1) is 0 Å². The molecule has 0 saturated carbocycles. The molecule has 0 fully saturated rings. The largest absolute Gasteiger partial charge is 0.356 e. The van der Waals surface area contributed by atoms with Gasteiger partial charge in [0.25, 0.3) is 0 Å². The predicted molar refractivity (Wildman–Crippen MR) is 65.0 cm³/mol. The number of nitrogens with one attached hydrogen (secondary N) is 2. The highest BCUT2D eigenvalue weighted by Gasteiger charge is 2.24. The van der Waals surface area contributed by atoms with Gasteiger partial charge in [-0.05, 0) is 19.3 Å². The first-order chi connectivity index (χ1) is 7.40. The molecule has 0 aromatic heterocycles. The van der Waals surface area contributed by atoms with Gasteiger partial charge < -0.3 is 10.6 Å². The molecule has 2 N–H and O–H groups in total. The Balaban J connectivity index is 3.52. The highest BCUT2D eigenvalue weighted by Crippen LogP contribution is 2.19. The maximum Gasteiger partial charge on any atom is 0.225 e. The second kappa shape index (κ2) is 7.25. The zero-order valence-electron chi connectivity index (χ0n) is 10.9. The van der Waals surface area contributed by atoms with E-state index in [1.807, 2.05) is 20.8 Å². The summed E-state index contributed by atoms with van der Waals surface area (Å²) < 4.78 is 0. The standard InChI is InChI=1S/C12H24N2O2/c1-5-12(3,4)11(16)14-9-7-6-8-13-10(2)15/h5-9H2,1-4H3,(H,13,15)(H,14,16). The van der Waals surface area contributed by atoms with Crippen molar-refractivity contribution in [1.29, 1.82) is 0 Å². The fourth-order valence-corrected chi connectivity index (χ4v) is 1.12. The van der Waals surface area contributed by atoms with Gasteiger partial charge in [-0.15, -0.1) is 0 Å². The zero-order chi connectivity index (χ0) is 12.6. The van der Waals surface area contributed by atoms with Crippen LogP contribution in [0.4, 0.5) is 0 Å². The average molecular weight is 228 g/mol. The number of unbranched alkanes of at least 4 members (excludes halogenated alkanes) is 1. The Hall–Kier alpha value is -1.06. The lowest BCUT2D eigenvalue weighted by molar-refractivity contribution is -0.129. The van der Waals surface area contributed by atoms with E-state index in [2.05, 4.69) is 10.6 Å². The first-order valence-electron chi connectivity index (χ1n) is 5.93. The molecule has 0 heterocycles. The summed E-state index contributed by atoms with van der Waals surface area (Å²) >= 11 is 0. The Kier molecular flexibility index (Phi) is 6.77. The molecule has 0 rings (SSSR count). The molecule has 0 spiro atoms. The van der Waals surface area contributed by atoms with Crippen LogP contribution in [0.2, 0.25) is 0 Å². The fourth-order valence-electron chi connectivity index (χ4n) is 1.12. The topological polar surface area (TPSA) is 58.2 Å². The molecule has 4 heteroatoms. The fraction of sp³-hybridized carbons (Fsp3) is 0.833. The molecule has 0 aliphatic rings. The van der Waals surface area contributed by atoms with E-state index >= 15 is 0 Å². The zero-order valence-corrected chi connectivity index (χ0v) is 10.9. The second-order valence-electron chi connectivity index (χ2n) is 4.68. The normalized spacial score (nSPS) is 11.0. The van der Waals surface area contributed by atoms with E-state index < -0.39 is 0 Å². The molecule has 4 nitrogen and oxygen atoms in total. The van der Waals surface area contributed by atoms with Crippen LogP contribution in [-0.4, -0.2) is 24.9 Å². The van der Waals surface area contributed by atoms with Gasteiger partial charge in [0, 0.05) is 25.4 Å². The third kappa shape index (κ3) is 6.43. The van der Waals surface area contributed by atoms with Crippen LogP contribution >= 0.6 is 0 Å². The molecule has 0 radical (unpaired) electrons. The van der Waals surface area contributed by atoms with Crippen molar-refractivity contribution in [2.24, 2.45) is 5.41 Å². The van der Waals surface area contributed by atoms with Gasteiger partial charge in [-0.1, -0.05) is 20.8 Å². The van der Waals surface area contributed by atoms with Crippen LogP contribution in [-0.2, 0) is 9.59 Å². The van der Waals surface area contributed by atoms with E-state index in [-0.39, 0.29) is 17.2 Å². The number of amides is 2. The molecule has 0 aliphatic carbocycles. The molecule has 0 atom stereocenters. The van der Waals surface area contributed by atoms with Crippen molar-refractivity contribution in [3.05, 3.63) is 0 Å². The van der Waals surface area contributed by atoms with Gasteiger partial charge in [-0.3, -0.25) is 9.59 Å². The van der Waals surface area contributed by atoms with Crippen molar-refractivity contribution in [3.63, 3.8) is 0 Å². The van der Waals surface area contributed by atoms with Crippen LogP contribution in [0.15, 0.2) is 0 Å². The lowest BCUT2D eigenvalue weighted by Gasteiger charge is -2.21. The van der Waals surface area contributed by atoms with Crippen LogP contribution < -0.4 is 10.6 Å². The van der Waals surface area contributed by atoms with Crippen molar-refractivity contribution < 1.29 is 9.59 Å². The third-order valence-electron chi connectivity index (χ3n) is 2.76. The quantitative estimate of drug-likeness (QED) is 0.648. The summed E-state index contributed by atoms with van der Waals surface area (Å²) in [4.78, 5) is 22.2. The highest BCUT2D eigenvalue weighted by molar-refractivity contribution is 5.81. The van der Waals surface area contributed by atoms with Crippen LogP contribution in [0.3, 0.4) is 0 Å². The Morgan fingerprint density at radius 2 is 1.56 bits per heavy atom. The molecule has 0 unspecified atom stereocenters. The Bertz CT molecular complexity index is 237. The van der Waals surface area contributed by atoms with E-state index in [0.29, 0.717) is 13.1 Å². The summed E-state index contributed by atoms with van der Waals surface area (Å²) in [6.07, 6.45) is 2.63. The van der Waals surface area contributed by atoms with Gasteiger partial charge in [0.2, 0.25) is 11.8 Å². The Morgan fingerprint density at radius 1 is 1.06 bits per heavy atom. The van der Waals surface area contributed by atoms with E-state index in [9.17, 15) is 9.59 Å². The Morgan fingerprint density at radius 3 is 2.00 bits per heavy atom. The highest BCUT2D eigenvalue weighted by atomic mass is 16.2. The van der Waals surface area contributed by atoms with Crippen LogP contribution in [0.1, 0.15) is 47.0 Å². The second-order valence-corrected chi connectivity index (χ2v) is 4.68. The first-order valence-corrected chi connectivity index (χ1v) is 5.93. The van der Waals surface area contributed by atoms with Crippen LogP contribution in [0.5, 0.6) is 0 Å². The molecule has 0 aromatic rings. The van der Waals surface area contributed by atoms with E-state index in [0.717, 1.165) is 19.3 Å². The molecule has 0 bridgehead atoms. The minimum atomic E-state index is -0.280. The van der Waals surface area contributed by atoms with E-state index in [1.165, 1.54) is 6.92 Å². The van der Waals surface area contributed by atoms with E-state index in [4.69, 9.17) is 0 Å². The predicted octanol–water partition coefficient (Wildman–Crippen LogP) is 1.46. The van der Waals surface area contributed by atoms with Crippen molar-refractivity contribution in [2.45, 2.75) is 47.0 Å². The SMILES string of the molecule is CCC(C)(C)C(=O)NCCCCNC(C)=O. The summed E-state index contributed by atoms with van der Waals surface area (Å²) in [7, 11) is 0. The minimum absolute atomic E-state index is 0.00356. The number of carbonyl (C=O) groups excluding carboxylic acids is 2. The van der Waals surface area contributed by atoms with Crippen LogP contribution in [0, 0.1) is 5.41 Å². The maximum absolute atomic E-state index is 11.7. The Labute approximate surface area is 98.2 Å². The molecule has 0 aromatic carbocycles. The van der Waals surface area contributed by atoms with Gasteiger partial charge in [0.15, 0.2) is 0 Å². The third-order valence-corrected chi connectivity index (χ3v) is 2.76. The van der Waals surface area contributed by atoms with Gasteiger partial charge in [-0.25, -0.2) is 0 Å². The number of rotatable bonds is 7. The minimum Gasteiger partial charge on any atom is -0.356 e. The summed E-state index contributed by atoms with van der Waals surface area (Å²) in [6.45, 7) is 8.77. The number of hydrogen-bond donors (Lipinski definition) is 2. The maximum atomic E-state index is 11.7. The summed E-state index contributed by atoms with van der Waals surface area (Å²) in [5, 5.41) is 5.63.